The molecular formula is C19H21N3O2S. The van der Waals surface area contributed by atoms with Crippen molar-refractivity contribution in [1.82, 2.24) is 15.1 Å². The maximum Gasteiger partial charge on any atom is 0.251 e. The molecule has 1 atom stereocenters. The summed E-state index contributed by atoms with van der Waals surface area (Å²) in [6.07, 6.45) is 3.68. The fourth-order valence-corrected chi connectivity index (χ4v) is 3.05. The normalized spacial score (nSPS) is 11.9. The minimum atomic E-state index is -0.0890. The molecule has 5 nitrogen and oxygen atoms in total. The van der Waals surface area contributed by atoms with Crippen LogP contribution in [0.2, 0.25) is 0 Å². The van der Waals surface area contributed by atoms with Crippen LogP contribution in [-0.4, -0.2) is 22.2 Å². The van der Waals surface area contributed by atoms with E-state index in [0.717, 1.165) is 11.4 Å². The number of benzene rings is 1. The molecule has 3 aromatic rings. The minimum Gasteiger partial charge on any atom is -0.488 e. The van der Waals surface area contributed by atoms with Gasteiger partial charge in [-0.25, -0.2) is 0 Å². The van der Waals surface area contributed by atoms with Gasteiger partial charge in [-0.15, -0.1) is 11.3 Å². The molecule has 0 spiro atoms. The molecule has 3 rings (SSSR count). The van der Waals surface area contributed by atoms with Crippen molar-refractivity contribution in [3.8, 4) is 5.75 Å². The minimum absolute atomic E-state index is 0.0890. The number of thiophene rings is 1. The van der Waals surface area contributed by atoms with Gasteiger partial charge in [0.1, 0.15) is 12.4 Å². The van der Waals surface area contributed by atoms with Crippen LogP contribution in [0.4, 0.5) is 0 Å². The van der Waals surface area contributed by atoms with Crippen LogP contribution in [0.5, 0.6) is 5.75 Å². The Bertz CT molecular complexity index is 785. The highest BCUT2D eigenvalue weighted by molar-refractivity contribution is 7.09. The second kappa shape index (κ2) is 8.48. The van der Waals surface area contributed by atoms with Crippen LogP contribution in [0, 0.1) is 5.92 Å². The Morgan fingerprint density at radius 1 is 1.32 bits per heavy atom. The van der Waals surface area contributed by atoms with Crippen molar-refractivity contribution in [2.75, 3.05) is 6.54 Å². The first-order chi connectivity index (χ1) is 12.2. The number of hydrogen-bond acceptors (Lipinski definition) is 4. The molecule has 2 aromatic heterocycles. The molecule has 0 aliphatic carbocycles. The molecule has 0 saturated carbocycles. The highest BCUT2D eigenvalue weighted by Crippen LogP contribution is 2.17. The number of nitrogens with zero attached hydrogens (tertiary/aromatic N) is 2. The zero-order valence-corrected chi connectivity index (χ0v) is 14.9. The average molecular weight is 355 g/mol. The number of aromatic nitrogens is 2. The van der Waals surface area contributed by atoms with E-state index in [2.05, 4.69) is 17.3 Å². The summed E-state index contributed by atoms with van der Waals surface area (Å²) in [5.41, 5.74) is 0.606. The van der Waals surface area contributed by atoms with Crippen LogP contribution < -0.4 is 10.1 Å². The average Bonchev–Trinajstić information content (AvgIpc) is 3.32. The molecule has 130 valence electrons. The van der Waals surface area contributed by atoms with E-state index in [1.54, 1.807) is 29.7 Å². The van der Waals surface area contributed by atoms with Crippen LogP contribution in [0.15, 0.2) is 60.2 Å². The smallest absolute Gasteiger partial charge is 0.251 e. The van der Waals surface area contributed by atoms with Crippen molar-refractivity contribution in [2.24, 2.45) is 5.92 Å². The predicted molar refractivity (Wildman–Crippen MR) is 98.8 cm³/mol. The number of rotatable bonds is 8. The van der Waals surface area contributed by atoms with Crippen molar-refractivity contribution >= 4 is 17.2 Å². The highest BCUT2D eigenvalue weighted by Gasteiger charge is 2.10. The second-order valence-electron chi connectivity index (χ2n) is 5.94. The van der Waals surface area contributed by atoms with Crippen molar-refractivity contribution in [1.29, 1.82) is 0 Å². The summed E-state index contributed by atoms with van der Waals surface area (Å²) in [7, 11) is 0. The summed E-state index contributed by atoms with van der Waals surface area (Å²) in [4.78, 5) is 13.5. The first kappa shape index (κ1) is 17.2. The van der Waals surface area contributed by atoms with E-state index in [1.165, 1.54) is 0 Å². The molecule has 0 fully saturated rings. The molecule has 1 unspecified atom stereocenters. The van der Waals surface area contributed by atoms with E-state index in [9.17, 15) is 4.79 Å². The van der Waals surface area contributed by atoms with Gasteiger partial charge in [0.15, 0.2) is 0 Å². The number of nitrogens with one attached hydrogen (secondary N) is 1. The number of carbonyl (C=O) groups excluding carboxylic acids is 1. The van der Waals surface area contributed by atoms with E-state index >= 15 is 0 Å². The first-order valence-electron chi connectivity index (χ1n) is 8.21. The fraction of sp³-hybridized carbons (Fsp3) is 0.263. The lowest BCUT2D eigenvalue weighted by Crippen LogP contribution is -2.30. The van der Waals surface area contributed by atoms with E-state index in [0.29, 0.717) is 30.4 Å². The van der Waals surface area contributed by atoms with Gasteiger partial charge in [-0.1, -0.05) is 19.1 Å². The van der Waals surface area contributed by atoms with Crippen LogP contribution in [0.3, 0.4) is 0 Å². The van der Waals surface area contributed by atoms with Crippen molar-refractivity contribution in [3.05, 3.63) is 70.7 Å². The zero-order valence-electron chi connectivity index (χ0n) is 14.1. The molecule has 6 heteroatoms. The van der Waals surface area contributed by atoms with Crippen molar-refractivity contribution < 1.29 is 9.53 Å². The summed E-state index contributed by atoms with van der Waals surface area (Å²) in [5, 5.41) is 9.18. The lowest BCUT2D eigenvalue weighted by molar-refractivity contribution is 0.0946. The number of ether oxygens (including phenoxy) is 1. The summed E-state index contributed by atoms with van der Waals surface area (Å²) < 4.78 is 7.63. The zero-order chi connectivity index (χ0) is 17.5. The standard InChI is InChI=1S/C19H21N3O2S/c1-15(13-22-9-4-8-21-22)12-20-19(23)16-5-2-6-17(11-16)24-14-18-7-3-10-25-18/h2-11,15H,12-14H2,1H3,(H,20,23). The van der Waals surface area contributed by atoms with E-state index in [4.69, 9.17) is 4.74 Å². The maximum atomic E-state index is 12.3. The fourth-order valence-electron chi connectivity index (χ4n) is 2.44. The van der Waals surface area contributed by atoms with Gasteiger partial charge in [0.05, 0.1) is 0 Å². The van der Waals surface area contributed by atoms with Crippen LogP contribution in [0.25, 0.3) is 0 Å². The Kier molecular flexibility index (Phi) is 5.85. The lowest BCUT2D eigenvalue weighted by atomic mass is 10.1. The quantitative estimate of drug-likeness (QED) is 0.672. The molecule has 1 amide bonds. The Morgan fingerprint density at radius 3 is 3.00 bits per heavy atom. The molecule has 1 N–H and O–H groups in total. The molecule has 0 aliphatic rings. The van der Waals surface area contributed by atoms with E-state index < -0.39 is 0 Å². The maximum absolute atomic E-state index is 12.3. The van der Waals surface area contributed by atoms with Crippen molar-refractivity contribution in [2.45, 2.75) is 20.1 Å². The van der Waals surface area contributed by atoms with Gasteiger partial charge in [0, 0.05) is 35.9 Å². The molecule has 0 saturated heterocycles. The molecule has 0 radical (unpaired) electrons. The lowest BCUT2D eigenvalue weighted by Gasteiger charge is -2.13. The monoisotopic (exact) mass is 355 g/mol. The number of amides is 1. The number of carbonyl (C=O) groups is 1. The molecule has 0 aliphatic heterocycles. The highest BCUT2D eigenvalue weighted by atomic mass is 32.1. The molecule has 25 heavy (non-hydrogen) atoms. The van der Waals surface area contributed by atoms with E-state index in [-0.39, 0.29) is 5.91 Å². The van der Waals surface area contributed by atoms with Crippen LogP contribution >= 0.6 is 11.3 Å². The summed E-state index contributed by atoms with van der Waals surface area (Å²) in [5.74, 6) is 0.904. The first-order valence-corrected chi connectivity index (χ1v) is 9.09. The SMILES string of the molecule is CC(CNC(=O)c1cccc(OCc2cccs2)c1)Cn1cccn1. The van der Waals surface area contributed by atoms with Crippen LogP contribution in [0.1, 0.15) is 22.2 Å². The van der Waals surface area contributed by atoms with Crippen LogP contribution in [-0.2, 0) is 13.2 Å². The van der Waals surface area contributed by atoms with Gasteiger partial charge >= 0.3 is 0 Å². The molecular weight excluding hydrogens is 334 g/mol. The van der Waals surface area contributed by atoms with Gasteiger partial charge in [-0.05, 0) is 41.6 Å². The van der Waals surface area contributed by atoms with Gasteiger partial charge in [0.25, 0.3) is 5.91 Å². The van der Waals surface area contributed by atoms with Gasteiger partial charge < -0.3 is 10.1 Å². The molecule has 1 aromatic carbocycles. The van der Waals surface area contributed by atoms with E-state index in [1.807, 2.05) is 46.6 Å². The molecule has 0 bridgehead atoms. The Balaban J connectivity index is 1.50. The summed E-state index contributed by atoms with van der Waals surface area (Å²) >= 11 is 1.65. The third-order valence-electron chi connectivity index (χ3n) is 3.73. The Morgan fingerprint density at radius 2 is 2.24 bits per heavy atom. The van der Waals surface area contributed by atoms with Gasteiger partial charge in [-0.3, -0.25) is 9.48 Å². The third kappa shape index (κ3) is 5.19. The molecule has 2 heterocycles. The van der Waals surface area contributed by atoms with Crippen molar-refractivity contribution in [3.63, 3.8) is 0 Å². The summed E-state index contributed by atoms with van der Waals surface area (Å²) in [6.45, 7) is 3.97. The van der Waals surface area contributed by atoms with Gasteiger partial charge in [0.2, 0.25) is 0 Å². The summed E-state index contributed by atoms with van der Waals surface area (Å²) in [6, 6.07) is 13.2. The van der Waals surface area contributed by atoms with Gasteiger partial charge in [-0.2, -0.15) is 5.10 Å². The largest absolute Gasteiger partial charge is 0.488 e. The Labute approximate surface area is 151 Å². The topological polar surface area (TPSA) is 56.1 Å². The predicted octanol–water partition coefficient (Wildman–Crippen LogP) is 3.59. The second-order valence-corrected chi connectivity index (χ2v) is 6.97. The Hall–Kier alpha value is -2.60. The number of hydrogen-bond donors (Lipinski definition) is 1. The third-order valence-corrected chi connectivity index (χ3v) is 4.58.